The highest BCUT2D eigenvalue weighted by atomic mass is 16.5. The van der Waals surface area contributed by atoms with Crippen LogP contribution in [-0.2, 0) is 0 Å². The smallest absolute Gasteiger partial charge is 0.257 e. The van der Waals surface area contributed by atoms with E-state index >= 15 is 0 Å². The van der Waals surface area contributed by atoms with Crippen LogP contribution in [0.4, 0.5) is 5.82 Å². The lowest BCUT2D eigenvalue weighted by atomic mass is 10.2. The summed E-state index contributed by atoms with van der Waals surface area (Å²) in [7, 11) is 0. The SMILES string of the molecule is C=CCNC(=O)c1c(N)n(/N=C\c2ccc(O)c(OCC)c2)c2nc3ccccc3nc12. The number of nitrogens with two attached hydrogens (primary N) is 1. The molecule has 2 aromatic carbocycles. The largest absolute Gasteiger partial charge is 0.504 e. The first-order valence-electron chi connectivity index (χ1n) is 9.99. The number of fused-ring (bicyclic) bond motifs is 2. The van der Waals surface area contributed by atoms with E-state index in [1.807, 2.05) is 31.2 Å². The number of phenols is 1. The van der Waals surface area contributed by atoms with Crippen molar-refractivity contribution in [2.45, 2.75) is 6.92 Å². The lowest BCUT2D eigenvalue weighted by molar-refractivity contribution is 0.0960. The van der Waals surface area contributed by atoms with Crippen LogP contribution in [0.15, 0.2) is 60.2 Å². The number of hydrogen-bond acceptors (Lipinski definition) is 7. The predicted molar refractivity (Wildman–Crippen MR) is 124 cm³/mol. The molecule has 0 spiro atoms. The fourth-order valence-corrected chi connectivity index (χ4v) is 3.25. The molecule has 0 aliphatic rings. The molecule has 0 fully saturated rings. The van der Waals surface area contributed by atoms with Crippen molar-refractivity contribution in [3.8, 4) is 11.5 Å². The second-order valence-corrected chi connectivity index (χ2v) is 6.86. The molecule has 4 N–H and O–H groups in total. The highest BCUT2D eigenvalue weighted by Crippen LogP contribution is 2.29. The molecular weight excluding hydrogens is 408 g/mol. The molecule has 9 heteroatoms. The van der Waals surface area contributed by atoms with Gasteiger partial charge in [0.2, 0.25) is 0 Å². The zero-order valence-corrected chi connectivity index (χ0v) is 17.4. The Bertz CT molecular complexity index is 1360. The summed E-state index contributed by atoms with van der Waals surface area (Å²) in [6.07, 6.45) is 3.12. The Labute approximate surface area is 183 Å². The zero-order chi connectivity index (χ0) is 22.7. The van der Waals surface area contributed by atoms with E-state index in [0.29, 0.717) is 40.1 Å². The summed E-state index contributed by atoms with van der Waals surface area (Å²) in [4.78, 5) is 22.1. The molecule has 0 atom stereocenters. The third kappa shape index (κ3) is 3.83. The third-order valence-electron chi connectivity index (χ3n) is 4.71. The summed E-state index contributed by atoms with van der Waals surface area (Å²) in [5.41, 5.74) is 9.18. The summed E-state index contributed by atoms with van der Waals surface area (Å²) >= 11 is 0. The van der Waals surface area contributed by atoms with Gasteiger partial charge in [0, 0.05) is 6.54 Å². The maximum Gasteiger partial charge on any atom is 0.257 e. The Kier molecular flexibility index (Phi) is 5.71. The van der Waals surface area contributed by atoms with Crippen molar-refractivity contribution in [2.75, 3.05) is 18.9 Å². The van der Waals surface area contributed by atoms with Crippen molar-refractivity contribution >= 4 is 40.1 Å². The van der Waals surface area contributed by atoms with Crippen molar-refractivity contribution in [1.82, 2.24) is 20.0 Å². The molecule has 1 amide bonds. The average molecular weight is 430 g/mol. The van der Waals surface area contributed by atoms with Crippen molar-refractivity contribution in [3.05, 3.63) is 66.2 Å². The van der Waals surface area contributed by atoms with Gasteiger partial charge in [-0.2, -0.15) is 9.78 Å². The topological polar surface area (TPSA) is 128 Å². The number of benzene rings is 2. The molecule has 32 heavy (non-hydrogen) atoms. The lowest BCUT2D eigenvalue weighted by Gasteiger charge is -2.06. The minimum absolute atomic E-state index is 0.0356. The van der Waals surface area contributed by atoms with Gasteiger partial charge in [0.05, 0.1) is 23.9 Å². The van der Waals surface area contributed by atoms with Crippen LogP contribution in [0.1, 0.15) is 22.8 Å². The van der Waals surface area contributed by atoms with Gasteiger partial charge in [-0.15, -0.1) is 6.58 Å². The number of rotatable bonds is 7. The molecule has 4 rings (SSSR count). The van der Waals surface area contributed by atoms with Crippen LogP contribution < -0.4 is 15.8 Å². The molecule has 9 nitrogen and oxygen atoms in total. The molecule has 0 saturated heterocycles. The van der Waals surface area contributed by atoms with Crippen LogP contribution in [-0.4, -0.2) is 45.0 Å². The quantitative estimate of drug-likeness (QED) is 0.305. The van der Waals surface area contributed by atoms with Gasteiger partial charge in [0.25, 0.3) is 5.91 Å². The van der Waals surface area contributed by atoms with E-state index in [1.165, 1.54) is 10.7 Å². The van der Waals surface area contributed by atoms with Crippen molar-refractivity contribution in [3.63, 3.8) is 0 Å². The second kappa shape index (κ2) is 8.76. The summed E-state index contributed by atoms with van der Waals surface area (Å²) in [5, 5.41) is 17.1. The summed E-state index contributed by atoms with van der Waals surface area (Å²) in [5.74, 6) is 0.0941. The van der Waals surface area contributed by atoms with Gasteiger partial charge in [-0.3, -0.25) is 4.79 Å². The highest BCUT2D eigenvalue weighted by molar-refractivity contribution is 6.10. The lowest BCUT2D eigenvalue weighted by Crippen LogP contribution is -2.24. The number of aromatic hydroxyl groups is 1. The Morgan fingerprint density at radius 3 is 2.75 bits per heavy atom. The standard InChI is InChI=1S/C23H22N6O3/c1-3-11-25-23(31)19-20-22(28-16-8-6-5-7-15(16)27-20)29(21(19)24)26-13-14-9-10-17(30)18(12-14)32-4-2/h3,5-10,12-13,30H,1,4,11,24H2,2H3,(H,25,31)/b26-13-. The normalized spacial score (nSPS) is 11.3. The number of hydrogen-bond donors (Lipinski definition) is 3. The first kappa shape index (κ1) is 20.9. The summed E-state index contributed by atoms with van der Waals surface area (Å²) < 4.78 is 6.80. The van der Waals surface area contributed by atoms with Crippen LogP contribution in [0.3, 0.4) is 0 Å². The number of nitrogens with one attached hydrogen (secondary N) is 1. The van der Waals surface area contributed by atoms with E-state index in [4.69, 9.17) is 10.5 Å². The van der Waals surface area contributed by atoms with Gasteiger partial charge < -0.3 is 20.9 Å². The monoisotopic (exact) mass is 430 g/mol. The van der Waals surface area contributed by atoms with Crippen molar-refractivity contribution in [1.29, 1.82) is 0 Å². The van der Waals surface area contributed by atoms with Crippen molar-refractivity contribution in [2.24, 2.45) is 5.10 Å². The van der Waals surface area contributed by atoms with E-state index in [2.05, 4.69) is 27.0 Å². The van der Waals surface area contributed by atoms with Crippen molar-refractivity contribution < 1.29 is 14.6 Å². The first-order valence-corrected chi connectivity index (χ1v) is 9.99. The Balaban J connectivity index is 1.86. The van der Waals surface area contributed by atoms with Gasteiger partial charge in [-0.05, 0) is 42.8 Å². The van der Waals surface area contributed by atoms with E-state index in [-0.39, 0.29) is 23.7 Å². The summed E-state index contributed by atoms with van der Waals surface area (Å²) in [6.45, 7) is 6.14. The van der Waals surface area contributed by atoms with E-state index in [1.54, 1.807) is 24.4 Å². The second-order valence-electron chi connectivity index (χ2n) is 6.86. The van der Waals surface area contributed by atoms with Crippen LogP contribution in [0.5, 0.6) is 11.5 Å². The highest BCUT2D eigenvalue weighted by Gasteiger charge is 2.23. The van der Waals surface area contributed by atoms with Crippen LogP contribution in [0.2, 0.25) is 0 Å². The molecule has 0 radical (unpaired) electrons. The number of carbonyl (C=O) groups excluding carboxylic acids is 1. The van der Waals surface area contributed by atoms with Gasteiger partial charge >= 0.3 is 0 Å². The fraction of sp³-hybridized carbons (Fsp3) is 0.130. The Hall–Kier alpha value is -4.40. The van der Waals surface area contributed by atoms with Gasteiger partial charge in [-0.25, -0.2) is 9.97 Å². The number of amides is 1. The van der Waals surface area contributed by atoms with Crippen LogP contribution in [0, 0.1) is 0 Å². The molecule has 2 heterocycles. The van der Waals surface area contributed by atoms with Gasteiger partial charge in [0.15, 0.2) is 17.1 Å². The number of ether oxygens (including phenoxy) is 1. The third-order valence-corrected chi connectivity index (χ3v) is 4.71. The van der Waals surface area contributed by atoms with Crippen LogP contribution >= 0.6 is 0 Å². The minimum atomic E-state index is -0.394. The predicted octanol–water partition coefficient (Wildman–Crippen LogP) is 3.07. The number of carbonyl (C=O) groups is 1. The van der Waals surface area contributed by atoms with E-state index < -0.39 is 5.91 Å². The number of phenolic OH excluding ortho intramolecular Hbond substituents is 1. The molecule has 2 aromatic heterocycles. The molecule has 0 bridgehead atoms. The van der Waals surface area contributed by atoms with Crippen LogP contribution in [0.25, 0.3) is 22.2 Å². The molecule has 162 valence electrons. The fourth-order valence-electron chi connectivity index (χ4n) is 3.25. The Morgan fingerprint density at radius 2 is 2.03 bits per heavy atom. The minimum Gasteiger partial charge on any atom is -0.504 e. The maximum absolute atomic E-state index is 12.8. The summed E-state index contributed by atoms with van der Waals surface area (Å²) in [6, 6.07) is 12.2. The first-order chi connectivity index (χ1) is 15.5. The number of aromatic nitrogens is 3. The maximum atomic E-state index is 12.8. The zero-order valence-electron chi connectivity index (χ0n) is 17.4. The molecule has 4 aromatic rings. The number of nitrogens with zero attached hydrogens (tertiary/aromatic N) is 4. The molecule has 0 saturated carbocycles. The van der Waals surface area contributed by atoms with Gasteiger partial charge in [0.1, 0.15) is 16.9 Å². The van der Waals surface area contributed by atoms with Gasteiger partial charge in [-0.1, -0.05) is 18.2 Å². The molecule has 0 aliphatic carbocycles. The van der Waals surface area contributed by atoms with E-state index in [9.17, 15) is 9.90 Å². The Morgan fingerprint density at radius 1 is 1.28 bits per heavy atom. The number of nitrogen functional groups attached to an aromatic ring is 1. The molecular formula is C23H22N6O3. The van der Waals surface area contributed by atoms with E-state index in [0.717, 1.165) is 0 Å². The molecule has 0 aliphatic heterocycles. The average Bonchev–Trinajstić information content (AvgIpc) is 3.06. The number of para-hydroxylation sites is 2. The number of anilines is 1. The molecule has 0 unspecified atom stereocenters.